The first kappa shape index (κ1) is 4.62. The van der Waals surface area contributed by atoms with Crippen LogP contribution in [-0.2, 0) is 0 Å². The van der Waals surface area contributed by atoms with E-state index in [4.69, 9.17) is 5.73 Å². The van der Waals surface area contributed by atoms with Gasteiger partial charge in [0.2, 0.25) is 0 Å². The Morgan fingerprint density at radius 3 is 1.89 bits per heavy atom. The van der Waals surface area contributed by atoms with Crippen molar-refractivity contribution in [1.29, 1.82) is 0 Å². The predicted octanol–water partition coefficient (Wildman–Crippen LogP) is 1.86. The molecule has 0 radical (unpaired) electrons. The first-order valence-corrected chi connectivity index (χ1v) is 2.94. The van der Waals surface area contributed by atoms with E-state index in [1.807, 2.05) is 18.2 Å². The molecule has 0 atom stereocenters. The molecule has 0 fully saturated rings. The molecule has 1 heteroatoms. The van der Waals surface area contributed by atoms with Crippen molar-refractivity contribution >= 4 is 16.5 Å². The van der Waals surface area contributed by atoms with Gasteiger partial charge < -0.3 is 5.73 Å². The summed E-state index contributed by atoms with van der Waals surface area (Å²) < 4.78 is 0. The third-order valence-corrected chi connectivity index (χ3v) is 1.57. The number of hydrogen-bond acceptors (Lipinski definition) is 1. The van der Waals surface area contributed by atoms with E-state index in [0.29, 0.717) is 0 Å². The topological polar surface area (TPSA) is 26.0 Å². The quantitative estimate of drug-likeness (QED) is 0.523. The van der Waals surface area contributed by atoms with Crippen molar-refractivity contribution in [3.63, 3.8) is 0 Å². The first-order valence-electron chi connectivity index (χ1n) is 2.94. The van der Waals surface area contributed by atoms with Gasteiger partial charge in [0.25, 0.3) is 0 Å². The standard InChI is InChI=1S/C8H7N/c9-8-5-6-1-3-7(8)4-2-6/h1-5H,9H2. The number of anilines is 1. The van der Waals surface area contributed by atoms with Crippen molar-refractivity contribution in [3.8, 4) is 0 Å². The Bertz CT molecular complexity index is 294. The van der Waals surface area contributed by atoms with Crippen molar-refractivity contribution in [2.45, 2.75) is 0 Å². The normalized spacial score (nSPS) is 10.7. The van der Waals surface area contributed by atoms with Crippen LogP contribution in [-0.4, -0.2) is 0 Å². The van der Waals surface area contributed by atoms with Crippen molar-refractivity contribution in [2.75, 3.05) is 5.73 Å². The Hall–Kier alpha value is -1.24. The van der Waals surface area contributed by atoms with Crippen LogP contribution in [0.15, 0.2) is 30.3 Å². The summed E-state index contributed by atoms with van der Waals surface area (Å²) >= 11 is 0. The van der Waals surface area contributed by atoms with Gasteiger partial charge in [0, 0.05) is 5.69 Å². The molecule has 9 heavy (non-hydrogen) atoms. The van der Waals surface area contributed by atoms with Crippen LogP contribution in [0.5, 0.6) is 0 Å². The zero-order chi connectivity index (χ0) is 6.27. The minimum atomic E-state index is 0.884. The van der Waals surface area contributed by atoms with Gasteiger partial charge in [-0.05, 0) is 16.8 Å². The van der Waals surface area contributed by atoms with Gasteiger partial charge >= 0.3 is 0 Å². The summed E-state index contributed by atoms with van der Waals surface area (Å²) in [6, 6.07) is 10.2. The van der Waals surface area contributed by atoms with E-state index in [0.717, 1.165) is 11.1 Å². The number of fused-ring (bicyclic) bond motifs is 3. The molecule has 0 unspecified atom stereocenters. The molecule has 3 aromatic rings. The van der Waals surface area contributed by atoms with Crippen LogP contribution in [0.3, 0.4) is 0 Å². The second-order valence-electron chi connectivity index (χ2n) is 2.22. The van der Waals surface area contributed by atoms with Gasteiger partial charge in [-0.15, -0.1) is 0 Å². The van der Waals surface area contributed by atoms with Crippen LogP contribution < -0.4 is 5.73 Å². The molecule has 0 aliphatic heterocycles. The highest BCUT2D eigenvalue weighted by molar-refractivity contribution is 5.82. The van der Waals surface area contributed by atoms with Gasteiger partial charge in [-0.3, -0.25) is 0 Å². The molecule has 0 heterocycles. The molecule has 0 aliphatic rings. The summed E-state index contributed by atoms with van der Waals surface area (Å²) in [5, 5.41) is 2.33. The fraction of sp³-hybridized carbons (Fsp3) is 0. The second-order valence-corrected chi connectivity index (χ2v) is 2.22. The fourth-order valence-corrected chi connectivity index (χ4v) is 1.03. The molecule has 3 aromatic carbocycles. The Labute approximate surface area is 53.4 Å². The zero-order valence-electron chi connectivity index (χ0n) is 4.96. The Morgan fingerprint density at radius 1 is 1.00 bits per heavy atom. The molecule has 2 bridgehead atoms. The lowest BCUT2D eigenvalue weighted by Crippen LogP contribution is -1.85. The number of benzene rings is 3. The summed E-state index contributed by atoms with van der Waals surface area (Å²) in [6.07, 6.45) is 0. The molecule has 3 rings (SSSR count). The predicted molar refractivity (Wildman–Crippen MR) is 39.5 cm³/mol. The third-order valence-electron chi connectivity index (χ3n) is 1.57. The van der Waals surface area contributed by atoms with Crippen LogP contribution >= 0.6 is 0 Å². The maximum atomic E-state index is 5.62. The summed E-state index contributed by atoms with van der Waals surface area (Å²) in [7, 11) is 0. The second kappa shape index (κ2) is 1.38. The molecule has 2 N–H and O–H groups in total. The summed E-state index contributed by atoms with van der Waals surface area (Å²) in [5.41, 5.74) is 6.50. The molecule has 0 aromatic heterocycles. The number of nitrogen functional groups attached to an aromatic ring is 1. The number of rotatable bonds is 0. The van der Waals surface area contributed by atoms with E-state index < -0.39 is 0 Å². The molecule has 1 nitrogen and oxygen atoms in total. The van der Waals surface area contributed by atoms with Gasteiger partial charge in [-0.1, -0.05) is 24.3 Å². The van der Waals surface area contributed by atoms with Crippen LogP contribution in [0.2, 0.25) is 0 Å². The van der Waals surface area contributed by atoms with Gasteiger partial charge in [-0.2, -0.15) is 0 Å². The van der Waals surface area contributed by atoms with Gasteiger partial charge in [-0.25, -0.2) is 0 Å². The van der Waals surface area contributed by atoms with E-state index in [1.54, 1.807) is 0 Å². The van der Waals surface area contributed by atoms with Gasteiger partial charge in [0.15, 0.2) is 0 Å². The molecule has 44 valence electrons. The molecule has 0 saturated heterocycles. The fourth-order valence-electron chi connectivity index (χ4n) is 1.03. The molecular weight excluding hydrogens is 110 g/mol. The van der Waals surface area contributed by atoms with Gasteiger partial charge in [0.1, 0.15) is 0 Å². The van der Waals surface area contributed by atoms with Crippen molar-refractivity contribution in [3.05, 3.63) is 30.3 Å². The van der Waals surface area contributed by atoms with Crippen LogP contribution in [0.4, 0.5) is 5.69 Å². The van der Waals surface area contributed by atoms with Crippen LogP contribution in [0.1, 0.15) is 0 Å². The SMILES string of the molecule is Nc1cc2ccc1cc2. The van der Waals surface area contributed by atoms with E-state index in [1.165, 1.54) is 5.39 Å². The first-order chi connectivity index (χ1) is 4.36. The largest absolute Gasteiger partial charge is 0.398 e. The summed E-state index contributed by atoms with van der Waals surface area (Å²) in [5.74, 6) is 0. The van der Waals surface area contributed by atoms with Crippen LogP contribution in [0.25, 0.3) is 10.8 Å². The maximum absolute atomic E-state index is 5.62. The summed E-state index contributed by atoms with van der Waals surface area (Å²) in [6.45, 7) is 0. The van der Waals surface area contributed by atoms with Crippen LogP contribution in [0, 0.1) is 0 Å². The maximum Gasteiger partial charge on any atom is 0.0393 e. The average molecular weight is 117 g/mol. The Kier molecular flexibility index (Phi) is 0.707. The number of nitrogens with two attached hydrogens (primary N) is 1. The van der Waals surface area contributed by atoms with E-state index >= 15 is 0 Å². The lowest BCUT2D eigenvalue weighted by molar-refractivity contribution is 1.73. The minimum Gasteiger partial charge on any atom is -0.398 e. The van der Waals surface area contributed by atoms with Crippen molar-refractivity contribution < 1.29 is 0 Å². The Morgan fingerprint density at radius 2 is 1.67 bits per heavy atom. The highest BCUT2D eigenvalue weighted by Crippen LogP contribution is 2.19. The van der Waals surface area contributed by atoms with E-state index in [-0.39, 0.29) is 0 Å². The number of hydrogen-bond donors (Lipinski definition) is 1. The highest BCUT2D eigenvalue weighted by atomic mass is 14.5. The smallest absolute Gasteiger partial charge is 0.0393 e. The summed E-state index contributed by atoms with van der Waals surface area (Å²) in [4.78, 5) is 0. The van der Waals surface area contributed by atoms with Gasteiger partial charge in [0.05, 0.1) is 0 Å². The molecule has 0 aliphatic carbocycles. The van der Waals surface area contributed by atoms with E-state index in [9.17, 15) is 0 Å². The monoisotopic (exact) mass is 117 g/mol. The highest BCUT2D eigenvalue weighted by Gasteiger charge is 1.93. The van der Waals surface area contributed by atoms with E-state index in [2.05, 4.69) is 12.1 Å². The van der Waals surface area contributed by atoms with Crippen molar-refractivity contribution in [1.82, 2.24) is 0 Å². The lowest BCUT2D eigenvalue weighted by atomic mass is 10.1. The lowest BCUT2D eigenvalue weighted by Gasteiger charge is -1.99. The molecule has 0 amide bonds. The molecular formula is C8H7N. The van der Waals surface area contributed by atoms with Crippen molar-refractivity contribution in [2.24, 2.45) is 0 Å². The molecule has 0 saturated carbocycles. The third kappa shape index (κ3) is 0.545. The molecule has 0 spiro atoms. The Balaban J connectivity index is 2.98. The average Bonchev–Trinajstić information content (AvgIpc) is 1.90. The zero-order valence-corrected chi connectivity index (χ0v) is 4.96. The minimum absolute atomic E-state index is 0.884.